The van der Waals surface area contributed by atoms with Crippen LogP contribution in [0.1, 0.15) is 30.7 Å². The lowest BCUT2D eigenvalue weighted by Gasteiger charge is -2.15. The predicted octanol–water partition coefficient (Wildman–Crippen LogP) is 3.69. The molecule has 0 saturated carbocycles. The Balaban J connectivity index is 1.25. The van der Waals surface area contributed by atoms with Crippen LogP contribution in [0.25, 0.3) is 17.1 Å². The molecule has 30 heavy (non-hydrogen) atoms. The Morgan fingerprint density at radius 1 is 1.17 bits per heavy atom. The number of hydrogen-bond donors (Lipinski definition) is 1. The molecular formula is C24H26N4O2. The van der Waals surface area contributed by atoms with Gasteiger partial charge in [-0.3, -0.25) is 9.59 Å². The van der Waals surface area contributed by atoms with Gasteiger partial charge in [-0.15, -0.1) is 0 Å². The number of carbonyl (C=O) groups excluding carboxylic acids is 2. The molecule has 0 atom stereocenters. The number of amides is 2. The fraction of sp³-hybridized carbons (Fsp3) is 0.292. The Hall–Kier alpha value is -3.41. The van der Waals surface area contributed by atoms with Crippen molar-refractivity contribution < 1.29 is 9.59 Å². The summed E-state index contributed by atoms with van der Waals surface area (Å²) in [6.07, 6.45) is 5.71. The smallest absolute Gasteiger partial charge is 0.244 e. The molecule has 3 aromatic rings. The third kappa shape index (κ3) is 4.43. The molecule has 6 heteroatoms. The van der Waals surface area contributed by atoms with E-state index in [0.717, 1.165) is 54.0 Å². The third-order valence-electron chi connectivity index (χ3n) is 5.41. The first-order valence-corrected chi connectivity index (χ1v) is 10.4. The molecule has 0 aliphatic carbocycles. The summed E-state index contributed by atoms with van der Waals surface area (Å²) in [6.45, 7) is 4.20. The van der Waals surface area contributed by atoms with Crippen molar-refractivity contribution in [3.63, 3.8) is 0 Å². The number of fused-ring (bicyclic) bond motifs is 1. The molecular weight excluding hydrogens is 376 g/mol. The van der Waals surface area contributed by atoms with Gasteiger partial charge in [0.25, 0.3) is 0 Å². The van der Waals surface area contributed by atoms with Gasteiger partial charge in [0.15, 0.2) is 0 Å². The minimum absolute atomic E-state index is 0.110. The molecule has 1 aromatic heterocycles. The van der Waals surface area contributed by atoms with Crippen LogP contribution in [-0.4, -0.2) is 34.5 Å². The molecule has 1 N–H and O–H groups in total. The van der Waals surface area contributed by atoms with Crippen LogP contribution >= 0.6 is 0 Å². The van der Waals surface area contributed by atoms with Crippen molar-refractivity contribution in [2.24, 2.45) is 0 Å². The van der Waals surface area contributed by atoms with Gasteiger partial charge < -0.3 is 14.8 Å². The van der Waals surface area contributed by atoms with E-state index in [0.29, 0.717) is 13.0 Å². The van der Waals surface area contributed by atoms with Crippen molar-refractivity contribution in [3.05, 3.63) is 66.0 Å². The second-order valence-corrected chi connectivity index (χ2v) is 7.52. The number of hydrogen-bond acceptors (Lipinski definition) is 3. The SMILES string of the molecule is Cc1nc2ccccc2n1CCCNC(=O)/C=C/c1ccc(N2CCCC2=O)cc1. The van der Waals surface area contributed by atoms with E-state index in [9.17, 15) is 9.59 Å². The van der Waals surface area contributed by atoms with Gasteiger partial charge in [0.05, 0.1) is 11.0 Å². The number of nitrogens with one attached hydrogen (secondary N) is 1. The number of nitrogens with zero attached hydrogens (tertiary/aromatic N) is 3. The molecule has 0 spiro atoms. The predicted molar refractivity (Wildman–Crippen MR) is 119 cm³/mol. The molecule has 0 radical (unpaired) electrons. The standard InChI is InChI=1S/C24H26N4O2/c1-18-26-21-6-2-3-7-22(21)27(18)17-5-15-25-23(29)14-11-19-9-12-20(13-10-19)28-16-4-8-24(28)30/h2-3,6-7,9-14H,4-5,8,15-17H2,1H3,(H,25,29)/b14-11+. The molecule has 1 fully saturated rings. The van der Waals surface area contributed by atoms with E-state index in [1.807, 2.05) is 54.3 Å². The van der Waals surface area contributed by atoms with Crippen molar-refractivity contribution >= 4 is 34.6 Å². The molecule has 2 heterocycles. The average Bonchev–Trinajstić information content (AvgIpc) is 3.32. The van der Waals surface area contributed by atoms with E-state index in [1.165, 1.54) is 0 Å². The lowest BCUT2D eigenvalue weighted by molar-refractivity contribution is -0.117. The molecule has 1 aliphatic rings. The third-order valence-corrected chi connectivity index (χ3v) is 5.41. The molecule has 2 aromatic carbocycles. The normalized spacial score (nSPS) is 14.2. The van der Waals surface area contributed by atoms with Crippen LogP contribution in [0, 0.1) is 6.92 Å². The lowest BCUT2D eigenvalue weighted by Crippen LogP contribution is -2.23. The quantitative estimate of drug-likeness (QED) is 0.484. The van der Waals surface area contributed by atoms with Crippen molar-refractivity contribution in [3.8, 4) is 0 Å². The topological polar surface area (TPSA) is 67.2 Å². The largest absolute Gasteiger partial charge is 0.352 e. The number of aryl methyl sites for hydroxylation is 2. The first-order valence-electron chi connectivity index (χ1n) is 10.4. The Morgan fingerprint density at radius 3 is 2.73 bits per heavy atom. The monoisotopic (exact) mass is 402 g/mol. The van der Waals surface area contributed by atoms with E-state index >= 15 is 0 Å². The highest BCUT2D eigenvalue weighted by molar-refractivity contribution is 5.95. The maximum Gasteiger partial charge on any atom is 0.244 e. The van der Waals surface area contributed by atoms with Crippen molar-refractivity contribution in [2.45, 2.75) is 32.7 Å². The molecule has 4 rings (SSSR count). The summed E-state index contributed by atoms with van der Waals surface area (Å²) in [5.41, 5.74) is 3.98. The van der Waals surface area contributed by atoms with E-state index in [1.54, 1.807) is 12.2 Å². The zero-order valence-corrected chi connectivity index (χ0v) is 17.2. The summed E-state index contributed by atoms with van der Waals surface area (Å²) in [6, 6.07) is 15.8. The summed E-state index contributed by atoms with van der Waals surface area (Å²) >= 11 is 0. The van der Waals surface area contributed by atoms with E-state index in [2.05, 4.69) is 20.9 Å². The van der Waals surface area contributed by atoms with Crippen LogP contribution in [-0.2, 0) is 16.1 Å². The van der Waals surface area contributed by atoms with E-state index in [-0.39, 0.29) is 11.8 Å². The van der Waals surface area contributed by atoms with Crippen molar-refractivity contribution in [1.82, 2.24) is 14.9 Å². The highest BCUT2D eigenvalue weighted by Gasteiger charge is 2.21. The van der Waals surface area contributed by atoms with Gasteiger partial charge >= 0.3 is 0 Å². The number of imidazole rings is 1. The first-order chi connectivity index (χ1) is 14.6. The Bertz CT molecular complexity index is 1080. The fourth-order valence-corrected chi connectivity index (χ4v) is 3.84. The summed E-state index contributed by atoms with van der Waals surface area (Å²) in [5, 5.41) is 2.93. The second kappa shape index (κ2) is 8.95. The number of aromatic nitrogens is 2. The molecule has 2 amide bonds. The maximum atomic E-state index is 12.1. The van der Waals surface area contributed by atoms with Crippen LogP contribution in [0.2, 0.25) is 0 Å². The number of carbonyl (C=O) groups is 2. The molecule has 1 aliphatic heterocycles. The lowest BCUT2D eigenvalue weighted by atomic mass is 10.2. The van der Waals surface area contributed by atoms with Gasteiger partial charge in [-0.05, 0) is 55.7 Å². The van der Waals surface area contributed by atoms with Gasteiger partial charge in [-0.1, -0.05) is 24.3 Å². The van der Waals surface area contributed by atoms with Gasteiger partial charge in [0, 0.05) is 37.8 Å². The van der Waals surface area contributed by atoms with Crippen LogP contribution in [0.15, 0.2) is 54.6 Å². The summed E-state index contributed by atoms with van der Waals surface area (Å²) in [5.74, 6) is 1.05. The van der Waals surface area contributed by atoms with Gasteiger partial charge in [0.2, 0.25) is 11.8 Å². The summed E-state index contributed by atoms with van der Waals surface area (Å²) in [4.78, 5) is 30.3. The number of para-hydroxylation sites is 2. The van der Waals surface area contributed by atoms with Gasteiger partial charge in [-0.25, -0.2) is 4.98 Å². The Labute approximate surface area is 176 Å². The molecule has 6 nitrogen and oxygen atoms in total. The van der Waals surface area contributed by atoms with Crippen molar-refractivity contribution in [2.75, 3.05) is 18.0 Å². The van der Waals surface area contributed by atoms with Crippen LogP contribution < -0.4 is 10.2 Å². The zero-order chi connectivity index (χ0) is 20.9. The number of rotatable bonds is 7. The number of anilines is 1. The average molecular weight is 402 g/mol. The fourth-order valence-electron chi connectivity index (χ4n) is 3.84. The zero-order valence-electron chi connectivity index (χ0n) is 17.2. The minimum Gasteiger partial charge on any atom is -0.352 e. The molecule has 154 valence electrons. The van der Waals surface area contributed by atoms with Crippen LogP contribution in [0.5, 0.6) is 0 Å². The van der Waals surface area contributed by atoms with Crippen LogP contribution in [0.4, 0.5) is 5.69 Å². The maximum absolute atomic E-state index is 12.1. The first kappa shape index (κ1) is 19.9. The molecule has 0 bridgehead atoms. The van der Waals surface area contributed by atoms with Gasteiger partial charge in [0.1, 0.15) is 5.82 Å². The minimum atomic E-state index is -0.110. The number of benzene rings is 2. The summed E-state index contributed by atoms with van der Waals surface area (Å²) in [7, 11) is 0. The Morgan fingerprint density at radius 2 is 1.97 bits per heavy atom. The van der Waals surface area contributed by atoms with Crippen molar-refractivity contribution in [1.29, 1.82) is 0 Å². The van der Waals surface area contributed by atoms with E-state index < -0.39 is 0 Å². The highest BCUT2D eigenvalue weighted by Crippen LogP contribution is 2.22. The molecule has 1 saturated heterocycles. The second-order valence-electron chi connectivity index (χ2n) is 7.52. The Kier molecular flexibility index (Phi) is 5.93. The van der Waals surface area contributed by atoms with E-state index in [4.69, 9.17) is 0 Å². The van der Waals surface area contributed by atoms with Gasteiger partial charge in [-0.2, -0.15) is 0 Å². The summed E-state index contributed by atoms with van der Waals surface area (Å²) < 4.78 is 2.18. The van der Waals surface area contributed by atoms with Crippen LogP contribution in [0.3, 0.4) is 0 Å². The molecule has 0 unspecified atom stereocenters. The highest BCUT2D eigenvalue weighted by atomic mass is 16.2.